The van der Waals surface area contributed by atoms with E-state index in [9.17, 15) is 0 Å². The minimum absolute atomic E-state index is 0.865. The highest BCUT2D eigenvalue weighted by atomic mass is 32.2. The van der Waals surface area contributed by atoms with Crippen LogP contribution in [0.3, 0.4) is 0 Å². The van der Waals surface area contributed by atoms with Gasteiger partial charge in [-0.05, 0) is 35.9 Å². The molecule has 1 aliphatic heterocycles. The lowest BCUT2D eigenvalue weighted by Crippen LogP contribution is -2.04. The minimum Gasteiger partial charge on any atom is -0.457 e. The van der Waals surface area contributed by atoms with E-state index >= 15 is 0 Å². The largest absolute Gasteiger partial charge is 0.457 e. The van der Waals surface area contributed by atoms with E-state index in [-0.39, 0.29) is 0 Å². The number of para-hydroxylation sites is 1. The lowest BCUT2D eigenvalue weighted by molar-refractivity contribution is 0.482. The van der Waals surface area contributed by atoms with E-state index in [1.807, 2.05) is 54.2 Å². The van der Waals surface area contributed by atoms with E-state index in [2.05, 4.69) is 23.5 Å². The molecule has 0 aliphatic carbocycles. The fourth-order valence-electron chi connectivity index (χ4n) is 1.90. The fourth-order valence-corrected chi connectivity index (χ4v) is 2.72. The van der Waals surface area contributed by atoms with Crippen LogP contribution in [0, 0.1) is 0 Å². The Morgan fingerprint density at radius 2 is 1.68 bits per heavy atom. The lowest BCUT2D eigenvalue weighted by Gasteiger charge is -2.05. The van der Waals surface area contributed by atoms with Crippen molar-refractivity contribution >= 4 is 17.8 Å². The number of benzene rings is 2. The summed E-state index contributed by atoms with van der Waals surface area (Å²) < 4.78 is 5.77. The van der Waals surface area contributed by atoms with Crippen molar-refractivity contribution in [3.05, 3.63) is 65.1 Å². The van der Waals surface area contributed by atoms with Gasteiger partial charge in [0.1, 0.15) is 11.5 Å². The number of ether oxygens (including phenoxy) is 1. The summed E-state index contributed by atoms with van der Waals surface area (Å²) in [6, 6.07) is 18.0. The molecule has 1 aliphatic rings. The van der Waals surface area contributed by atoms with Gasteiger partial charge in [0.05, 0.1) is 0 Å². The number of rotatable bonds is 3. The molecule has 1 heterocycles. The van der Waals surface area contributed by atoms with E-state index in [1.54, 1.807) is 0 Å². The van der Waals surface area contributed by atoms with Crippen molar-refractivity contribution in [2.75, 3.05) is 12.4 Å². The third-order valence-corrected chi connectivity index (χ3v) is 3.83. The highest BCUT2D eigenvalue weighted by molar-refractivity contribution is 8.03. The number of nitrogens with one attached hydrogen (secondary N) is 1. The summed E-state index contributed by atoms with van der Waals surface area (Å²) in [5.74, 6) is 2.75. The van der Waals surface area contributed by atoms with Crippen LogP contribution in [0.5, 0.6) is 11.5 Å². The topological polar surface area (TPSA) is 21.3 Å². The molecule has 0 bridgehead atoms. The van der Waals surface area contributed by atoms with Crippen molar-refractivity contribution < 1.29 is 4.74 Å². The SMILES string of the molecule is C(=C1CNCS1)c1ccc(Oc2ccccc2)cc1. The smallest absolute Gasteiger partial charge is 0.127 e. The Morgan fingerprint density at radius 1 is 0.947 bits per heavy atom. The highest BCUT2D eigenvalue weighted by Gasteiger charge is 2.05. The second-order valence-electron chi connectivity index (χ2n) is 4.31. The summed E-state index contributed by atoms with van der Waals surface area (Å²) >= 11 is 1.86. The quantitative estimate of drug-likeness (QED) is 0.906. The van der Waals surface area contributed by atoms with Crippen LogP contribution in [-0.4, -0.2) is 12.4 Å². The Balaban J connectivity index is 1.70. The Labute approximate surface area is 117 Å². The molecule has 2 nitrogen and oxygen atoms in total. The van der Waals surface area contributed by atoms with Crippen LogP contribution in [0.25, 0.3) is 6.08 Å². The zero-order valence-corrected chi connectivity index (χ0v) is 11.3. The number of thioether (sulfide) groups is 1. The summed E-state index contributed by atoms with van der Waals surface area (Å²) in [7, 11) is 0. The van der Waals surface area contributed by atoms with Gasteiger partial charge in [-0.1, -0.05) is 30.3 Å². The van der Waals surface area contributed by atoms with Crippen molar-refractivity contribution in [1.82, 2.24) is 5.32 Å². The number of hydrogen-bond acceptors (Lipinski definition) is 3. The molecular weight excluding hydrogens is 254 g/mol. The van der Waals surface area contributed by atoms with Crippen LogP contribution in [0.2, 0.25) is 0 Å². The normalized spacial score (nSPS) is 16.7. The zero-order chi connectivity index (χ0) is 12.9. The van der Waals surface area contributed by atoms with E-state index < -0.39 is 0 Å². The molecule has 1 saturated heterocycles. The first-order chi connectivity index (χ1) is 9.40. The molecule has 0 atom stereocenters. The van der Waals surface area contributed by atoms with E-state index in [0.29, 0.717) is 0 Å². The zero-order valence-electron chi connectivity index (χ0n) is 10.5. The van der Waals surface area contributed by atoms with E-state index in [4.69, 9.17) is 4.74 Å². The molecule has 0 amide bonds. The van der Waals surface area contributed by atoms with E-state index in [0.717, 1.165) is 23.9 Å². The third-order valence-electron chi connectivity index (χ3n) is 2.85. The molecule has 0 radical (unpaired) electrons. The molecule has 2 aromatic rings. The number of hydrogen-bond donors (Lipinski definition) is 1. The van der Waals surface area contributed by atoms with Crippen LogP contribution in [0.1, 0.15) is 5.56 Å². The van der Waals surface area contributed by atoms with Gasteiger partial charge >= 0.3 is 0 Å². The second kappa shape index (κ2) is 5.95. The van der Waals surface area contributed by atoms with Crippen LogP contribution < -0.4 is 10.1 Å². The second-order valence-corrected chi connectivity index (χ2v) is 5.41. The van der Waals surface area contributed by atoms with Gasteiger partial charge in [0, 0.05) is 17.3 Å². The predicted molar refractivity (Wildman–Crippen MR) is 81.4 cm³/mol. The van der Waals surface area contributed by atoms with Crippen molar-refractivity contribution in [1.29, 1.82) is 0 Å². The summed E-state index contributed by atoms with van der Waals surface area (Å²) in [4.78, 5) is 1.39. The molecule has 0 spiro atoms. The summed E-state index contributed by atoms with van der Waals surface area (Å²) in [5, 5.41) is 3.31. The van der Waals surface area contributed by atoms with Crippen molar-refractivity contribution in [2.45, 2.75) is 0 Å². The summed E-state index contributed by atoms with van der Waals surface area (Å²) in [6.07, 6.45) is 2.22. The van der Waals surface area contributed by atoms with Crippen molar-refractivity contribution in [3.8, 4) is 11.5 Å². The monoisotopic (exact) mass is 269 g/mol. The first-order valence-electron chi connectivity index (χ1n) is 6.27. The molecule has 0 unspecified atom stereocenters. The van der Waals surface area contributed by atoms with Gasteiger partial charge in [0.15, 0.2) is 0 Å². The Morgan fingerprint density at radius 3 is 2.37 bits per heavy atom. The maximum atomic E-state index is 5.77. The Hall–Kier alpha value is -1.71. The van der Waals surface area contributed by atoms with Gasteiger partial charge in [0.2, 0.25) is 0 Å². The van der Waals surface area contributed by atoms with Crippen LogP contribution >= 0.6 is 11.8 Å². The molecule has 3 rings (SSSR count). The molecule has 1 N–H and O–H groups in total. The molecule has 3 heteroatoms. The van der Waals surface area contributed by atoms with Gasteiger partial charge in [-0.2, -0.15) is 0 Å². The molecule has 2 aromatic carbocycles. The summed E-state index contributed by atoms with van der Waals surface area (Å²) in [5.41, 5.74) is 1.21. The maximum absolute atomic E-state index is 5.77. The molecule has 0 aromatic heterocycles. The highest BCUT2D eigenvalue weighted by Crippen LogP contribution is 2.25. The molecule has 0 saturated carbocycles. The van der Waals surface area contributed by atoms with Crippen LogP contribution in [0.15, 0.2) is 59.5 Å². The van der Waals surface area contributed by atoms with E-state index in [1.165, 1.54) is 10.5 Å². The van der Waals surface area contributed by atoms with Gasteiger partial charge < -0.3 is 10.1 Å². The lowest BCUT2D eigenvalue weighted by atomic mass is 10.2. The predicted octanol–water partition coefficient (Wildman–Crippen LogP) is 4.11. The van der Waals surface area contributed by atoms with Gasteiger partial charge in [-0.3, -0.25) is 0 Å². The molecular formula is C16H15NOS. The maximum Gasteiger partial charge on any atom is 0.127 e. The van der Waals surface area contributed by atoms with Crippen molar-refractivity contribution in [3.63, 3.8) is 0 Å². The molecule has 96 valence electrons. The first kappa shape index (κ1) is 12.3. The average Bonchev–Trinajstić information content (AvgIpc) is 2.95. The van der Waals surface area contributed by atoms with Crippen LogP contribution in [0.4, 0.5) is 0 Å². The Bertz CT molecular complexity index is 555. The van der Waals surface area contributed by atoms with Crippen molar-refractivity contribution in [2.24, 2.45) is 0 Å². The third kappa shape index (κ3) is 3.40. The first-order valence-corrected chi connectivity index (χ1v) is 7.26. The van der Waals surface area contributed by atoms with Gasteiger partial charge in [-0.25, -0.2) is 0 Å². The summed E-state index contributed by atoms with van der Waals surface area (Å²) in [6.45, 7) is 0.979. The minimum atomic E-state index is 0.865. The van der Waals surface area contributed by atoms with Gasteiger partial charge in [-0.15, -0.1) is 11.8 Å². The Kier molecular flexibility index (Phi) is 3.86. The molecule has 19 heavy (non-hydrogen) atoms. The average molecular weight is 269 g/mol. The fraction of sp³-hybridized carbons (Fsp3) is 0.125. The van der Waals surface area contributed by atoms with Gasteiger partial charge in [0.25, 0.3) is 0 Å². The standard InChI is InChI=1S/C16H15NOS/c1-2-4-14(5-3-1)18-15-8-6-13(7-9-15)10-16-11-17-12-19-16/h1-10,17H,11-12H2. The molecule has 1 fully saturated rings. The van der Waals surface area contributed by atoms with Crippen LogP contribution in [-0.2, 0) is 0 Å².